The fourth-order valence-corrected chi connectivity index (χ4v) is 1.25. The number of alkyl halides is 3. The normalized spacial score (nSPS) is 11.5. The van der Waals surface area contributed by atoms with Crippen LogP contribution >= 0.6 is 0 Å². The van der Waals surface area contributed by atoms with Crippen LogP contribution in [0.4, 0.5) is 19.1 Å². The van der Waals surface area contributed by atoms with Gasteiger partial charge >= 0.3 is 11.9 Å². The minimum Gasteiger partial charge on any atom is -0.368 e. The number of hydrogen-bond acceptors (Lipinski definition) is 5. The smallest absolute Gasteiger partial charge is 0.368 e. The summed E-state index contributed by atoms with van der Waals surface area (Å²) in [5, 5.41) is 0. The summed E-state index contributed by atoms with van der Waals surface area (Å²) in [4.78, 5) is 23.4. The Bertz CT molecular complexity index is 637. The van der Waals surface area contributed by atoms with E-state index in [9.17, 15) is 18.0 Å². The zero-order valence-corrected chi connectivity index (χ0v) is 8.69. The Morgan fingerprint density at radius 2 is 1.89 bits per heavy atom. The molecule has 2 rings (SSSR count). The van der Waals surface area contributed by atoms with Gasteiger partial charge in [0.1, 0.15) is 11.4 Å². The first-order chi connectivity index (χ1) is 8.36. The van der Waals surface area contributed by atoms with Crippen LogP contribution in [0.25, 0.3) is 11.5 Å². The van der Waals surface area contributed by atoms with Crippen molar-refractivity contribution in [3.8, 4) is 11.5 Å². The lowest BCUT2D eigenvalue weighted by molar-refractivity contribution is -0.141. The lowest BCUT2D eigenvalue weighted by atomic mass is 10.3. The zero-order chi connectivity index (χ0) is 13.3. The molecule has 2 aromatic rings. The third-order valence-corrected chi connectivity index (χ3v) is 1.95. The van der Waals surface area contributed by atoms with Gasteiger partial charge < -0.3 is 5.73 Å². The van der Waals surface area contributed by atoms with E-state index in [-0.39, 0.29) is 17.5 Å². The second-order valence-corrected chi connectivity index (χ2v) is 3.27. The molecule has 0 saturated heterocycles. The molecule has 0 radical (unpaired) electrons. The highest BCUT2D eigenvalue weighted by Crippen LogP contribution is 2.28. The number of aromatic nitrogens is 4. The van der Waals surface area contributed by atoms with Crippen molar-refractivity contribution in [1.82, 2.24) is 19.9 Å². The second-order valence-electron chi connectivity index (χ2n) is 3.27. The van der Waals surface area contributed by atoms with E-state index >= 15 is 0 Å². The predicted octanol–water partition coefficient (Wildman–Crippen LogP) is 0.828. The fraction of sp³-hybridized carbons (Fsp3) is 0.111. The van der Waals surface area contributed by atoms with Gasteiger partial charge in [0.2, 0.25) is 5.95 Å². The van der Waals surface area contributed by atoms with Gasteiger partial charge in [0, 0.05) is 0 Å². The number of nitrogens with zero attached hydrogens (tertiary/aromatic N) is 3. The summed E-state index contributed by atoms with van der Waals surface area (Å²) in [5.74, 6) is -0.508. The lowest BCUT2D eigenvalue weighted by Gasteiger charge is -2.07. The van der Waals surface area contributed by atoms with E-state index in [0.29, 0.717) is 0 Å². The van der Waals surface area contributed by atoms with Crippen LogP contribution < -0.4 is 11.4 Å². The van der Waals surface area contributed by atoms with Gasteiger partial charge in [0.15, 0.2) is 5.82 Å². The van der Waals surface area contributed by atoms with E-state index in [0.717, 1.165) is 12.1 Å². The van der Waals surface area contributed by atoms with Crippen LogP contribution in [-0.2, 0) is 6.18 Å². The largest absolute Gasteiger partial charge is 0.433 e. The topological polar surface area (TPSA) is 97.5 Å². The zero-order valence-electron chi connectivity index (χ0n) is 8.69. The average molecular weight is 257 g/mol. The molecule has 0 bridgehead atoms. The number of halogens is 3. The summed E-state index contributed by atoms with van der Waals surface area (Å²) >= 11 is 0. The molecule has 0 unspecified atom stereocenters. The van der Waals surface area contributed by atoms with Crippen LogP contribution in [-0.4, -0.2) is 19.9 Å². The van der Waals surface area contributed by atoms with Gasteiger partial charge in [-0.05, 0) is 12.1 Å². The minimum atomic E-state index is -4.57. The number of nitrogens with two attached hydrogens (primary N) is 1. The summed E-state index contributed by atoms with van der Waals surface area (Å²) in [7, 11) is 0. The molecule has 0 saturated carbocycles. The Labute approximate surface area is 97.7 Å². The van der Waals surface area contributed by atoms with Crippen molar-refractivity contribution >= 4 is 5.95 Å². The molecule has 0 fully saturated rings. The first-order valence-corrected chi connectivity index (χ1v) is 4.65. The van der Waals surface area contributed by atoms with Crippen molar-refractivity contribution in [1.29, 1.82) is 0 Å². The monoisotopic (exact) mass is 257 g/mol. The molecule has 94 valence electrons. The number of rotatable bonds is 1. The summed E-state index contributed by atoms with van der Waals surface area (Å²) < 4.78 is 37.4. The van der Waals surface area contributed by atoms with Crippen molar-refractivity contribution < 1.29 is 13.2 Å². The molecule has 0 spiro atoms. The molecule has 0 amide bonds. The van der Waals surface area contributed by atoms with Crippen molar-refractivity contribution in [3.63, 3.8) is 0 Å². The van der Waals surface area contributed by atoms with E-state index in [1.807, 2.05) is 0 Å². The Hall–Kier alpha value is -2.45. The molecular formula is C9H6F3N5O. The highest BCUT2D eigenvalue weighted by molar-refractivity contribution is 5.50. The molecular weight excluding hydrogens is 251 g/mol. The first-order valence-electron chi connectivity index (χ1n) is 4.65. The molecule has 0 aromatic carbocycles. The van der Waals surface area contributed by atoms with Crippen molar-refractivity contribution in [2.45, 2.75) is 6.18 Å². The highest BCUT2D eigenvalue weighted by Gasteiger charge is 2.32. The molecule has 3 N–H and O–H groups in total. The van der Waals surface area contributed by atoms with Crippen LogP contribution in [0.2, 0.25) is 0 Å². The summed E-state index contributed by atoms with van der Waals surface area (Å²) in [6.45, 7) is 0. The van der Waals surface area contributed by atoms with E-state index in [2.05, 4.69) is 19.9 Å². The minimum absolute atomic E-state index is 0.143. The lowest BCUT2D eigenvalue weighted by Crippen LogP contribution is -2.16. The number of nitrogens with one attached hydrogen (secondary N) is 1. The number of anilines is 1. The van der Waals surface area contributed by atoms with Crippen LogP contribution in [0.5, 0.6) is 0 Å². The highest BCUT2D eigenvalue weighted by atomic mass is 19.4. The van der Waals surface area contributed by atoms with Crippen LogP contribution in [0, 0.1) is 0 Å². The number of nitrogen functional groups attached to an aromatic ring is 1. The molecule has 2 heterocycles. The summed E-state index contributed by atoms with van der Waals surface area (Å²) in [5.41, 5.74) is 3.19. The van der Waals surface area contributed by atoms with Gasteiger partial charge in [-0.3, -0.25) is 4.98 Å². The number of H-pyrrole nitrogens is 1. The molecule has 2 aromatic heterocycles. The SMILES string of the molecule is Nc1nc(-c2cccc(C(F)(F)F)n2)[nH]c(=O)n1. The Morgan fingerprint density at radius 3 is 2.50 bits per heavy atom. The maximum absolute atomic E-state index is 12.5. The Balaban J connectivity index is 2.54. The average Bonchev–Trinajstić information content (AvgIpc) is 2.27. The van der Waals surface area contributed by atoms with Crippen LogP contribution in [0.15, 0.2) is 23.0 Å². The molecule has 0 aliphatic rings. The van der Waals surface area contributed by atoms with Crippen molar-refractivity contribution in [3.05, 3.63) is 34.4 Å². The standard InChI is InChI=1S/C9H6F3N5O/c10-9(11,12)5-3-1-2-4(14-5)6-15-7(13)17-8(18)16-6/h1-3H,(H3,13,15,16,17,18). The molecule has 9 heteroatoms. The molecule has 0 aliphatic heterocycles. The van der Waals surface area contributed by atoms with Crippen molar-refractivity contribution in [2.75, 3.05) is 5.73 Å². The Morgan fingerprint density at radius 1 is 1.17 bits per heavy atom. The van der Waals surface area contributed by atoms with Crippen LogP contribution in [0.3, 0.4) is 0 Å². The maximum atomic E-state index is 12.5. The van der Waals surface area contributed by atoms with E-state index in [1.165, 1.54) is 6.07 Å². The van der Waals surface area contributed by atoms with Gasteiger partial charge in [0.25, 0.3) is 0 Å². The van der Waals surface area contributed by atoms with Gasteiger partial charge in [-0.25, -0.2) is 9.78 Å². The molecule has 0 atom stereocenters. The predicted molar refractivity (Wildman–Crippen MR) is 55.3 cm³/mol. The van der Waals surface area contributed by atoms with Gasteiger partial charge in [-0.1, -0.05) is 6.07 Å². The quantitative estimate of drug-likeness (QED) is 0.788. The molecule has 18 heavy (non-hydrogen) atoms. The van der Waals surface area contributed by atoms with E-state index in [1.54, 1.807) is 0 Å². The maximum Gasteiger partial charge on any atom is 0.433 e. The number of pyridine rings is 1. The number of hydrogen-bond donors (Lipinski definition) is 2. The van der Waals surface area contributed by atoms with Crippen LogP contribution in [0.1, 0.15) is 5.69 Å². The van der Waals surface area contributed by atoms with Gasteiger partial charge in [-0.15, -0.1) is 0 Å². The fourth-order valence-electron chi connectivity index (χ4n) is 1.25. The third-order valence-electron chi connectivity index (χ3n) is 1.95. The number of aromatic amines is 1. The van der Waals surface area contributed by atoms with Gasteiger partial charge in [-0.2, -0.15) is 23.1 Å². The second kappa shape index (κ2) is 4.09. The third kappa shape index (κ3) is 2.44. The summed E-state index contributed by atoms with van der Waals surface area (Å²) in [6, 6.07) is 3.24. The van der Waals surface area contributed by atoms with E-state index < -0.39 is 17.6 Å². The van der Waals surface area contributed by atoms with Gasteiger partial charge in [0.05, 0.1) is 0 Å². The first kappa shape index (κ1) is 12.0. The van der Waals surface area contributed by atoms with Crippen molar-refractivity contribution in [2.24, 2.45) is 0 Å². The van der Waals surface area contributed by atoms with E-state index in [4.69, 9.17) is 5.73 Å². The molecule has 0 aliphatic carbocycles. The molecule has 6 nitrogen and oxygen atoms in total. The summed E-state index contributed by atoms with van der Waals surface area (Å²) in [6.07, 6.45) is -4.57. The Kier molecular flexibility index (Phi) is 2.73.